The van der Waals surface area contributed by atoms with Gasteiger partial charge in [-0.3, -0.25) is 0 Å². The molecule has 0 bridgehead atoms. The molecule has 2 aromatic rings. The molecule has 0 fully saturated rings. The second-order valence-corrected chi connectivity index (χ2v) is 6.03. The van der Waals surface area contributed by atoms with Crippen molar-refractivity contribution in [1.82, 2.24) is 15.3 Å². The van der Waals surface area contributed by atoms with Gasteiger partial charge in [0.2, 0.25) is 0 Å². The van der Waals surface area contributed by atoms with Crippen LogP contribution in [0.4, 0.5) is 11.5 Å². The van der Waals surface area contributed by atoms with Crippen molar-refractivity contribution in [2.24, 2.45) is 0 Å². The van der Waals surface area contributed by atoms with E-state index in [1.165, 1.54) is 11.3 Å². The van der Waals surface area contributed by atoms with Crippen molar-refractivity contribution in [2.75, 3.05) is 18.4 Å². The Morgan fingerprint density at radius 3 is 2.70 bits per heavy atom. The Morgan fingerprint density at radius 2 is 1.90 bits per heavy atom. The first-order valence-corrected chi connectivity index (χ1v) is 7.78. The van der Waals surface area contributed by atoms with Crippen LogP contribution in [0.5, 0.6) is 0 Å². The van der Waals surface area contributed by atoms with Crippen molar-refractivity contribution in [1.29, 1.82) is 0 Å². The first kappa shape index (κ1) is 13.7. The molecule has 104 valence electrons. The molecule has 0 unspecified atom stereocenters. The lowest BCUT2D eigenvalue weighted by atomic mass is 10.1. The van der Waals surface area contributed by atoms with Crippen LogP contribution in [0.3, 0.4) is 0 Å². The number of benzene rings is 1. The van der Waals surface area contributed by atoms with Crippen molar-refractivity contribution in [3.8, 4) is 0 Å². The summed E-state index contributed by atoms with van der Waals surface area (Å²) in [7, 11) is 0. The summed E-state index contributed by atoms with van der Waals surface area (Å²) in [5.74, 6) is 0.870. The average Bonchev–Trinajstić information content (AvgIpc) is 2.66. The van der Waals surface area contributed by atoms with Gasteiger partial charge in [-0.05, 0) is 49.4 Å². The van der Waals surface area contributed by atoms with Gasteiger partial charge in [0, 0.05) is 34.4 Å². The lowest BCUT2D eigenvalue weighted by Gasteiger charge is -2.13. The molecule has 0 amide bonds. The van der Waals surface area contributed by atoms with Crippen molar-refractivity contribution >= 4 is 39.7 Å². The van der Waals surface area contributed by atoms with Crippen LogP contribution >= 0.6 is 28.1 Å². The number of rotatable bonds is 2. The van der Waals surface area contributed by atoms with E-state index >= 15 is 0 Å². The zero-order valence-corrected chi connectivity index (χ0v) is 13.3. The number of aromatic amines is 1. The molecular formula is C14H15BrN4S. The molecule has 0 spiro atoms. The van der Waals surface area contributed by atoms with E-state index in [2.05, 4.69) is 36.5 Å². The molecular weight excluding hydrogens is 336 g/mol. The second kappa shape index (κ2) is 6.03. The van der Waals surface area contributed by atoms with Crippen molar-refractivity contribution in [3.63, 3.8) is 0 Å². The fourth-order valence-corrected chi connectivity index (χ4v) is 2.83. The molecule has 20 heavy (non-hydrogen) atoms. The highest BCUT2D eigenvalue weighted by Crippen LogP contribution is 2.23. The van der Waals surface area contributed by atoms with Crippen LogP contribution < -0.4 is 10.6 Å². The van der Waals surface area contributed by atoms with E-state index < -0.39 is 0 Å². The number of anilines is 2. The molecule has 4 nitrogen and oxygen atoms in total. The maximum atomic E-state index is 5.23. The number of aromatic nitrogens is 2. The Kier molecular flexibility index (Phi) is 4.14. The van der Waals surface area contributed by atoms with E-state index in [9.17, 15) is 0 Å². The van der Waals surface area contributed by atoms with Crippen LogP contribution in [0.1, 0.15) is 11.3 Å². The summed E-state index contributed by atoms with van der Waals surface area (Å²) >= 11 is 8.67. The van der Waals surface area contributed by atoms with E-state index in [4.69, 9.17) is 12.2 Å². The third-order valence-corrected chi connectivity index (χ3v) is 4.05. The van der Waals surface area contributed by atoms with Gasteiger partial charge in [0.15, 0.2) is 4.77 Å². The van der Waals surface area contributed by atoms with Crippen LogP contribution in [0.25, 0.3) is 0 Å². The number of nitrogens with zero attached hydrogens (tertiary/aromatic N) is 1. The van der Waals surface area contributed by atoms with Gasteiger partial charge in [-0.1, -0.05) is 15.9 Å². The zero-order valence-electron chi connectivity index (χ0n) is 10.9. The minimum atomic E-state index is 0.533. The normalized spacial score (nSPS) is 14.4. The third kappa shape index (κ3) is 3.08. The largest absolute Gasteiger partial charge is 0.340 e. The van der Waals surface area contributed by atoms with E-state index in [0.717, 1.165) is 41.9 Å². The van der Waals surface area contributed by atoms with Gasteiger partial charge < -0.3 is 15.6 Å². The molecule has 1 aliphatic heterocycles. The summed E-state index contributed by atoms with van der Waals surface area (Å²) < 4.78 is 1.59. The van der Waals surface area contributed by atoms with E-state index in [0.29, 0.717) is 4.77 Å². The first-order valence-electron chi connectivity index (χ1n) is 6.58. The number of halogens is 1. The summed E-state index contributed by atoms with van der Waals surface area (Å²) in [5, 5.41) is 6.78. The van der Waals surface area contributed by atoms with Gasteiger partial charge in [0.1, 0.15) is 5.82 Å². The van der Waals surface area contributed by atoms with Crippen LogP contribution in [-0.2, 0) is 12.8 Å². The second-order valence-electron chi connectivity index (χ2n) is 4.73. The lowest BCUT2D eigenvalue weighted by molar-refractivity contribution is 0.708. The highest BCUT2D eigenvalue weighted by atomic mass is 79.9. The van der Waals surface area contributed by atoms with Gasteiger partial charge in [-0.25, -0.2) is 4.98 Å². The van der Waals surface area contributed by atoms with Crippen LogP contribution in [0, 0.1) is 4.77 Å². The predicted octanol–water partition coefficient (Wildman–Crippen LogP) is 3.33. The summed E-state index contributed by atoms with van der Waals surface area (Å²) in [4.78, 5) is 7.67. The van der Waals surface area contributed by atoms with Gasteiger partial charge in [0.25, 0.3) is 0 Å². The van der Waals surface area contributed by atoms with E-state index in [1.807, 2.05) is 24.3 Å². The number of nitrogens with one attached hydrogen (secondary N) is 3. The van der Waals surface area contributed by atoms with Gasteiger partial charge >= 0.3 is 0 Å². The van der Waals surface area contributed by atoms with Crippen molar-refractivity contribution in [3.05, 3.63) is 44.8 Å². The molecule has 1 aliphatic rings. The Balaban J connectivity index is 1.98. The number of hydrogen-bond donors (Lipinski definition) is 3. The van der Waals surface area contributed by atoms with Crippen LogP contribution in [0.15, 0.2) is 28.7 Å². The minimum Gasteiger partial charge on any atom is -0.340 e. The molecule has 0 saturated heterocycles. The molecule has 1 aromatic heterocycles. The number of H-pyrrole nitrogens is 1. The van der Waals surface area contributed by atoms with Crippen LogP contribution in [-0.4, -0.2) is 23.1 Å². The quantitative estimate of drug-likeness (QED) is 0.727. The standard InChI is InChI=1S/C14H15BrN4S/c15-9-1-3-10(4-2-9)17-13-11-5-7-16-8-6-12(11)18-14(20)19-13/h1-4,16H,5-8H2,(H2,17,18,19,20). The Bertz CT molecular complexity index is 666. The molecule has 0 saturated carbocycles. The molecule has 3 N–H and O–H groups in total. The number of hydrogen-bond acceptors (Lipinski definition) is 4. The van der Waals surface area contributed by atoms with Gasteiger partial charge in [0.05, 0.1) is 0 Å². The minimum absolute atomic E-state index is 0.533. The molecule has 3 rings (SSSR count). The predicted molar refractivity (Wildman–Crippen MR) is 87.1 cm³/mol. The Morgan fingerprint density at radius 1 is 1.15 bits per heavy atom. The average molecular weight is 351 g/mol. The molecule has 2 heterocycles. The highest BCUT2D eigenvalue weighted by Gasteiger charge is 2.14. The van der Waals surface area contributed by atoms with E-state index in [1.54, 1.807) is 0 Å². The first-order chi connectivity index (χ1) is 9.72. The summed E-state index contributed by atoms with van der Waals surface area (Å²) in [6.45, 7) is 1.94. The van der Waals surface area contributed by atoms with E-state index in [-0.39, 0.29) is 0 Å². The van der Waals surface area contributed by atoms with Crippen LogP contribution in [0.2, 0.25) is 0 Å². The van der Waals surface area contributed by atoms with Gasteiger partial charge in [-0.15, -0.1) is 0 Å². The molecule has 0 radical (unpaired) electrons. The maximum Gasteiger partial charge on any atom is 0.198 e. The fourth-order valence-electron chi connectivity index (χ4n) is 2.35. The summed E-state index contributed by atoms with van der Waals surface area (Å²) in [6.07, 6.45) is 1.91. The fraction of sp³-hybridized carbons (Fsp3) is 0.286. The maximum absolute atomic E-state index is 5.23. The summed E-state index contributed by atoms with van der Waals surface area (Å²) in [5.41, 5.74) is 3.43. The van der Waals surface area contributed by atoms with Crippen molar-refractivity contribution < 1.29 is 0 Å². The molecule has 6 heteroatoms. The van der Waals surface area contributed by atoms with Gasteiger partial charge in [-0.2, -0.15) is 0 Å². The zero-order chi connectivity index (χ0) is 13.9. The Hall–Kier alpha value is -1.24. The highest BCUT2D eigenvalue weighted by molar-refractivity contribution is 9.10. The van der Waals surface area contributed by atoms with Crippen molar-refractivity contribution in [2.45, 2.75) is 12.8 Å². The topological polar surface area (TPSA) is 52.7 Å². The lowest BCUT2D eigenvalue weighted by Crippen LogP contribution is -2.16. The molecule has 1 aromatic carbocycles. The Labute approximate surface area is 131 Å². The number of fused-ring (bicyclic) bond motifs is 1. The smallest absolute Gasteiger partial charge is 0.198 e. The summed E-state index contributed by atoms with van der Waals surface area (Å²) in [6, 6.07) is 8.05. The molecule has 0 aliphatic carbocycles. The molecule has 0 atom stereocenters. The SMILES string of the molecule is S=c1nc(Nc2ccc(Br)cc2)c2c([nH]1)CCNCC2. The third-order valence-electron chi connectivity index (χ3n) is 3.33. The monoisotopic (exact) mass is 350 g/mol.